The molecule has 0 spiro atoms. The number of anilines is 1. The van der Waals surface area contributed by atoms with Gasteiger partial charge in [-0.1, -0.05) is 18.5 Å². The maximum Gasteiger partial charge on any atom is 0.321 e. The van der Waals surface area contributed by atoms with Gasteiger partial charge in [-0.2, -0.15) is 11.8 Å². The molecule has 1 heterocycles. The molecule has 0 bridgehead atoms. The number of aromatic nitrogens is 1. The summed E-state index contributed by atoms with van der Waals surface area (Å²) in [5.41, 5.74) is 0.538. The van der Waals surface area contributed by atoms with Crippen molar-refractivity contribution >= 4 is 35.1 Å². The van der Waals surface area contributed by atoms with Gasteiger partial charge in [0.2, 0.25) is 0 Å². The molecule has 0 aliphatic rings. The molecule has 0 fully saturated rings. The van der Waals surface area contributed by atoms with Crippen LogP contribution >= 0.6 is 23.4 Å². The number of thioether (sulfide) groups is 1. The first-order valence-corrected chi connectivity index (χ1v) is 7.81. The molecule has 19 heavy (non-hydrogen) atoms. The lowest BCUT2D eigenvalue weighted by Crippen LogP contribution is -2.38. The van der Waals surface area contributed by atoms with Gasteiger partial charge in [-0.25, -0.2) is 9.78 Å². The number of halogens is 1. The van der Waals surface area contributed by atoms with E-state index in [-0.39, 0.29) is 12.1 Å². The van der Waals surface area contributed by atoms with E-state index in [4.69, 9.17) is 11.6 Å². The highest BCUT2D eigenvalue weighted by molar-refractivity contribution is 7.99. The van der Waals surface area contributed by atoms with Crippen LogP contribution in [0.2, 0.25) is 5.15 Å². The molecule has 1 N–H and O–H groups in total. The second-order valence-electron chi connectivity index (χ2n) is 4.22. The van der Waals surface area contributed by atoms with Crippen molar-refractivity contribution in [3.05, 3.63) is 23.5 Å². The average molecular weight is 302 g/mol. The number of pyridine rings is 1. The van der Waals surface area contributed by atoms with Gasteiger partial charge in [0.1, 0.15) is 0 Å². The zero-order valence-corrected chi connectivity index (χ0v) is 13.1. The topological polar surface area (TPSA) is 45.2 Å². The van der Waals surface area contributed by atoms with Gasteiger partial charge in [0, 0.05) is 19.3 Å². The third-order valence-corrected chi connectivity index (χ3v) is 4.10. The summed E-state index contributed by atoms with van der Waals surface area (Å²) < 4.78 is 0. The van der Waals surface area contributed by atoms with Gasteiger partial charge in [0.25, 0.3) is 0 Å². The Hall–Kier alpha value is -0.940. The number of rotatable bonds is 6. The van der Waals surface area contributed by atoms with E-state index in [9.17, 15) is 4.79 Å². The Bertz CT molecular complexity index is 417. The molecule has 4 nitrogen and oxygen atoms in total. The normalized spacial score (nSPS) is 12.0. The zero-order chi connectivity index (χ0) is 14.3. The van der Waals surface area contributed by atoms with Crippen LogP contribution in [0.25, 0.3) is 0 Å². The molecule has 0 saturated heterocycles. The molecule has 1 aromatic heterocycles. The lowest BCUT2D eigenvalue weighted by Gasteiger charge is -2.25. The van der Waals surface area contributed by atoms with E-state index in [2.05, 4.69) is 17.2 Å². The molecular weight excluding hydrogens is 282 g/mol. The van der Waals surface area contributed by atoms with Crippen LogP contribution in [0.5, 0.6) is 0 Å². The van der Waals surface area contributed by atoms with E-state index in [0.717, 1.165) is 17.9 Å². The summed E-state index contributed by atoms with van der Waals surface area (Å²) in [6.07, 6.45) is 2.56. The van der Waals surface area contributed by atoms with Crippen LogP contribution in [-0.4, -0.2) is 40.5 Å². The van der Waals surface area contributed by atoms with Crippen LogP contribution in [0.15, 0.2) is 18.3 Å². The largest absolute Gasteiger partial charge is 0.325 e. The van der Waals surface area contributed by atoms with Crippen LogP contribution in [0, 0.1) is 0 Å². The lowest BCUT2D eigenvalue weighted by molar-refractivity contribution is 0.207. The second kappa shape index (κ2) is 8.27. The van der Waals surface area contributed by atoms with Crippen molar-refractivity contribution in [1.82, 2.24) is 9.88 Å². The number of urea groups is 1. The number of carbonyl (C=O) groups is 1. The molecule has 2 amide bonds. The smallest absolute Gasteiger partial charge is 0.321 e. The Morgan fingerprint density at radius 2 is 2.37 bits per heavy atom. The molecule has 1 atom stereocenters. The molecule has 106 valence electrons. The first-order valence-electron chi connectivity index (χ1n) is 6.28. The summed E-state index contributed by atoms with van der Waals surface area (Å²) >= 11 is 7.79. The van der Waals surface area contributed by atoms with Crippen molar-refractivity contribution in [3.63, 3.8) is 0 Å². The number of carbonyl (C=O) groups excluding carboxylic acids is 1. The number of hydrogen-bond donors (Lipinski definition) is 1. The SMILES string of the molecule is CCSCCC(C)N(C)C(=O)Nc1cccnc1Cl. The first kappa shape index (κ1) is 16.1. The molecule has 0 aliphatic carbocycles. The molecule has 1 aromatic rings. The monoisotopic (exact) mass is 301 g/mol. The molecule has 1 unspecified atom stereocenters. The highest BCUT2D eigenvalue weighted by Gasteiger charge is 2.16. The van der Waals surface area contributed by atoms with Gasteiger partial charge >= 0.3 is 6.03 Å². The Kier molecular flexibility index (Phi) is 7.02. The Morgan fingerprint density at radius 3 is 3.00 bits per heavy atom. The Morgan fingerprint density at radius 1 is 1.63 bits per heavy atom. The predicted octanol–water partition coefficient (Wildman–Crippen LogP) is 3.73. The number of nitrogens with one attached hydrogen (secondary N) is 1. The number of amides is 2. The fourth-order valence-corrected chi connectivity index (χ4v) is 2.44. The molecule has 0 saturated carbocycles. The zero-order valence-electron chi connectivity index (χ0n) is 11.5. The molecular formula is C13H20ClN3OS. The van der Waals surface area contributed by atoms with Crippen LogP contribution < -0.4 is 5.32 Å². The van der Waals surface area contributed by atoms with Crippen molar-refractivity contribution in [2.45, 2.75) is 26.3 Å². The minimum absolute atomic E-state index is 0.163. The van der Waals surface area contributed by atoms with Crippen LogP contribution in [0.3, 0.4) is 0 Å². The quantitative estimate of drug-likeness (QED) is 0.643. The highest BCUT2D eigenvalue weighted by atomic mass is 35.5. The minimum Gasteiger partial charge on any atom is -0.325 e. The van der Waals surface area contributed by atoms with Crippen molar-refractivity contribution in [3.8, 4) is 0 Å². The maximum atomic E-state index is 12.1. The highest BCUT2D eigenvalue weighted by Crippen LogP contribution is 2.18. The van der Waals surface area contributed by atoms with Gasteiger partial charge in [-0.3, -0.25) is 0 Å². The third-order valence-electron chi connectivity index (χ3n) is 2.87. The summed E-state index contributed by atoms with van der Waals surface area (Å²) in [7, 11) is 1.79. The minimum atomic E-state index is -0.163. The molecule has 0 radical (unpaired) electrons. The molecule has 6 heteroatoms. The summed E-state index contributed by atoms with van der Waals surface area (Å²) in [5, 5.41) is 3.07. The number of nitrogens with zero attached hydrogens (tertiary/aromatic N) is 2. The van der Waals surface area contributed by atoms with E-state index in [1.165, 1.54) is 0 Å². The van der Waals surface area contributed by atoms with E-state index < -0.39 is 0 Å². The lowest BCUT2D eigenvalue weighted by atomic mass is 10.2. The van der Waals surface area contributed by atoms with Gasteiger partial charge in [-0.15, -0.1) is 0 Å². The van der Waals surface area contributed by atoms with Crippen molar-refractivity contribution in [1.29, 1.82) is 0 Å². The molecule has 0 aromatic carbocycles. The summed E-state index contributed by atoms with van der Waals surface area (Å²) in [5.74, 6) is 2.16. The van der Waals surface area contributed by atoms with Crippen LogP contribution in [0.4, 0.5) is 10.5 Å². The van der Waals surface area contributed by atoms with Crippen molar-refractivity contribution in [2.75, 3.05) is 23.9 Å². The Labute approximate surface area is 123 Å². The van der Waals surface area contributed by atoms with Crippen molar-refractivity contribution < 1.29 is 4.79 Å². The van der Waals surface area contributed by atoms with Gasteiger partial charge in [0.05, 0.1) is 5.69 Å². The summed E-state index contributed by atoms with van der Waals surface area (Å²) in [6, 6.07) is 3.50. The predicted molar refractivity (Wildman–Crippen MR) is 83.1 cm³/mol. The Balaban J connectivity index is 2.50. The summed E-state index contributed by atoms with van der Waals surface area (Å²) in [4.78, 5) is 17.7. The third kappa shape index (κ3) is 5.28. The van der Waals surface area contributed by atoms with Crippen molar-refractivity contribution in [2.24, 2.45) is 0 Å². The fraction of sp³-hybridized carbons (Fsp3) is 0.538. The fourth-order valence-electron chi connectivity index (χ4n) is 1.47. The van der Waals surface area contributed by atoms with Gasteiger partial charge in [-0.05, 0) is 37.0 Å². The standard InChI is InChI=1S/C13H20ClN3OS/c1-4-19-9-7-10(2)17(3)13(18)16-11-6-5-8-15-12(11)14/h5-6,8,10H,4,7,9H2,1-3H3,(H,16,18). The van der Waals surface area contributed by atoms with Crippen LogP contribution in [-0.2, 0) is 0 Å². The maximum absolute atomic E-state index is 12.1. The van der Waals surface area contributed by atoms with E-state index in [1.807, 2.05) is 18.7 Å². The number of hydrogen-bond acceptors (Lipinski definition) is 3. The van der Waals surface area contributed by atoms with Gasteiger partial charge in [0.15, 0.2) is 5.15 Å². The summed E-state index contributed by atoms with van der Waals surface area (Å²) in [6.45, 7) is 4.18. The van der Waals surface area contributed by atoms with E-state index in [0.29, 0.717) is 10.8 Å². The van der Waals surface area contributed by atoms with Gasteiger partial charge < -0.3 is 10.2 Å². The average Bonchev–Trinajstić information content (AvgIpc) is 2.40. The second-order valence-corrected chi connectivity index (χ2v) is 5.97. The molecule has 1 rings (SSSR count). The van der Waals surface area contributed by atoms with E-state index in [1.54, 1.807) is 30.3 Å². The first-order chi connectivity index (χ1) is 9.06. The van der Waals surface area contributed by atoms with E-state index >= 15 is 0 Å². The van der Waals surface area contributed by atoms with Crippen LogP contribution in [0.1, 0.15) is 20.3 Å². The molecule has 0 aliphatic heterocycles.